The van der Waals surface area contributed by atoms with Gasteiger partial charge in [0, 0.05) is 18.1 Å². The third-order valence-electron chi connectivity index (χ3n) is 5.25. The van der Waals surface area contributed by atoms with Gasteiger partial charge in [-0.05, 0) is 36.7 Å². The zero-order chi connectivity index (χ0) is 18.2. The third kappa shape index (κ3) is 2.49. The number of nitriles is 3. The molecule has 0 radical (unpaired) electrons. The monoisotopic (exact) mass is 333 g/mol. The van der Waals surface area contributed by atoms with Crippen LogP contribution in [0.5, 0.6) is 0 Å². The maximum atomic E-state index is 11.1. The molecule has 2 N–H and O–H groups in total. The van der Waals surface area contributed by atoms with E-state index in [4.69, 9.17) is 5.73 Å². The lowest BCUT2D eigenvalue weighted by molar-refractivity contribution is -0.384. The van der Waals surface area contributed by atoms with E-state index in [0.29, 0.717) is 23.5 Å². The fourth-order valence-electron chi connectivity index (χ4n) is 3.76. The number of benzene rings is 1. The maximum Gasteiger partial charge on any atom is 0.269 e. The Labute approximate surface area is 144 Å². The van der Waals surface area contributed by atoms with E-state index < -0.39 is 16.3 Å². The van der Waals surface area contributed by atoms with Crippen molar-refractivity contribution in [3.63, 3.8) is 0 Å². The summed E-state index contributed by atoms with van der Waals surface area (Å²) in [6, 6.07) is 12.1. The molecule has 0 aliphatic heterocycles. The van der Waals surface area contributed by atoms with Gasteiger partial charge in [0.25, 0.3) is 5.69 Å². The van der Waals surface area contributed by atoms with Gasteiger partial charge in [-0.25, -0.2) is 0 Å². The van der Waals surface area contributed by atoms with Gasteiger partial charge in [0.1, 0.15) is 0 Å². The molecular weight excluding hydrogens is 318 g/mol. The molecule has 0 bridgehead atoms. The summed E-state index contributed by atoms with van der Waals surface area (Å²) in [4.78, 5) is 10.6. The molecule has 2 aliphatic rings. The standard InChI is InChI=1S/C18H15N5O2/c19-8-15-14(11-4-5-11)7-16(18(9-20,10-21)17(15)22)12-2-1-3-13(6-12)23(24)25/h1-3,6,11,14,16H,4-5,7,22H2/t14-,16+/m1/s1. The molecule has 1 aromatic carbocycles. The van der Waals surface area contributed by atoms with E-state index in [1.54, 1.807) is 12.1 Å². The van der Waals surface area contributed by atoms with Gasteiger partial charge in [-0.1, -0.05) is 12.1 Å². The first-order valence-corrected chi connectivity index (χ1v) is 7.95. The molecule has 3 rings (SSSR count). The van der Waals surface area contributed by atoms with Crippen LogP contribution in [0.3, 0.4) is 0 Å². The van der Waals surface area contributed by atoms with Crippen molar-refractivity contribution in [1.82, 2.24) is 0 Å². The molecule has 0 amide bonds. The van der Waals surface area contributed by atoms with Gasteiger partial charge in [-0.15, -0.1) is 0 Å². The number of hydrogen-bond acceptors (Lipinski definition) is 6. The quantitative estimate of drug-likeness (QED) is 0.666. The van der Waals surface area contributed by atoms with E-state index in [-0.39, 0.29) is 17.3 Å². The first-order chi connectivity index (χ1) is 12.0. The summed E-state index contributed by atoms with van der Waals surface area (Å²) in [5.41, 5.74) is 5.22. The Morgan fingerprint density at radius 2 is 1.92 bits per heavy atom. The molecule has 0 spiro atoms. The average molecular weight is 333 g/mol. The highest BCUT2D eigenvalue weighted by molar-refractivity contribution is 5.50. The zero-order valence-corrected chi connectivity index (χ0v) is 13.3. The predicted molar refractivity (Wildman–Crippen MR) is 87.2 cm³/mol. The van der Waals surface area contributed by atoms with Crippen molar-refractivity contribution in [3.8, 4) is 18.2 Å². The molecule has 0 heterocycles. The molecule has 0 aromatic heterocycles. The smallest absolute Gasteiger partial charge is 0.269 e. The Kier molecular flexibility index (Phi) is 3.91. The summed E-state index contributed by atoms with van der Waals surface area (Å²) in [6.45, 7) is 0. The molecule has 2 aliphatic carbocycles. The Morgan fingerprint density at radius 1 is 1.24 bits per heavy atom. The van der Waals surface area contributed by atoms with Crippen molar-refractivity contribution in [2.24, 2.45) is 23.0 Å². The van der Waals surface area contributed by atoms with E-state index in [2.05, 4.69) is 6.07 Å². The second-order valence-electron chi connectivity index (χ2n) is 6.56. The van der Waals surface area contributed by atoms with E-state index >= 15 is 0 Å². The number of allylic oxidation sites excluding steroid dienone is 2. The first-order valence-electron chi connectivity index (χ1n) is 7.95. The van der Waals surface area contributed by atoms with E-state index in [1.165, 1.54) is 12.1 Å². The number of nitro groups is 1. The summed E-state index contributed by atoms with van der Waals surface area (Å²) in [7, 11) is 0. The van der Waals surface area contributed by atoms with Gasteiger partial charge in [0.2, 0.25) is 0 Å². The van der Waals surface area contributed by atoms with Crippen LogP contribution in [0, 0.1) is 61.4 Å². The topological polar surface area (TPSA) is 141 Å². The van der Waals surface area contributed by atoms with Crippen molar-refractivity contribution in [3.05, 3.63) is 51.2 Å². The number of rotatable bonds is 3. The van der Waals surface area contributed by atoms with Crippen LogP contribution in [0.25, 0.3) is 0 Å². The Hall–Kier alpha value is -3.37. The lowest BCUT2D eigenvalue weighted by Crippen LogP contribution is -2.39. The van der Waals surface area contributed by atoms with Gasteiger partial charge in [-0.2, -0.15) is 15.8 Å². The number of nitrogens with two attached hydrogens (primary N) is 1. The first kappa shape index (κ1) is 16.5. The number of nitrogens with zero attached hydrogens (tertiary/aromatic N) is 4. The second kappa shape index (κ2) is 5.92. The summed E-state index contributed by atoms with van der Waals surface area (Å²) < 4.78 is 0. The molecule has 0 saturated heterocycles. The predicted octanol–water partition coefficient (Wildman–Crippen LogP) is 2.88. The summed E-state index contributed by atoms with van der Waals surface area (Å²) in [6.07, 6.45) is 2.38. The van der Waals surface area contributed by atoms with Gasteiger partial charge in [0.15, 0.2) is 5.41 Å². The van der Waals surface area contributed by atoms with Crippen LogP contribution < -0.4 is 5.73 Å². The van der Waals surface area contributed by atoms with E-state index in [0.717, 1.165) is 12.8 Å². The highest BCUT2D eigenvalue weighted by atomic mass is 16.6. The minimum absolute atomic E-state index is 0.000318. The highest BCUT2D eigenvalue weighted by Crippen LogP contribution is 2.55. The van der Waals surface area contributed by atoms with Gasteiger partial charge >= 0.3 is 0 Å². The Balaban J connectivity index is 2.18. The lowest BCUT2D eigenvalue weighted by atomic mass is 9.61. The van der Waals surface area contributed by atoms with Gasteiger partial charge in [0.05, 0.1) is 34.4 Å². The van der Waals surface area contributed by atoms with Gasteiger partial charge < -0.3 is 5.73 Å². The number of hydrogen-bond donors (Lipinski definition) is 1. The molecule has 7 heteroatoms. The van der Waals surface area contributed by atoms with Crippen molar-refractivity contribution in [1.29, 1.82) is 15.8 Å². The molecule has 1 fully saturated rings. The second-order valence-corrected chi connectivity index (χ2v) is 6.56. The van der Waals surface area contributed by atoms with Crippen LogP contribution in [0.1, 0.15) is 30.7 Å². The lowest BCUT2D eigenvalue weighted by Gasteiger charge is -2.38. The molecular formula is C18H15N5O2. The Bertz CT molecular complexity index is 881. The highest BCUT2D eigenvalue weighted by Gasteiger charge is 2.52. The van der Waals surface area contributed by atoms with Crippen LogP contribution in [-0.4, -0.2) is 4.92 Å². The molecule has 1 aromatic rings. The van der Waals surface area contributed by atoms with Crippen molar-refractivity contribution >= 4 is 5.69 Å². The SMILES string of the molecule is N#CC1=C(N)C(C#N)(C#N)[C@H](c2cccc([N+](=O)[O-])c2)C[C@@H]1C1CC1. The third-order valence-corrected chi connectivity index (χ3v) is 5.25. The largest absolute Gasteiger partial charge is 0.399 e. The molecule has 7 nitrogen and oxygen atoms in total. The summed E-state index contributed by atoms with van der Waals surface area (Å²) >= 11 is 0. The normalized spacial score (nSPS) is 24.7. The van der Waals surface area contributed by atoms with Crippen LogP contribution in [-0.2, 0) is 0 Å². The van der Waals surface area contributed by atoms with Crippen LogP contribution in [0.2, 0.25) is 0 Å². The summed E-state index contributed by atoms with van der Waals surface area (Å²) in [5.74, 6) is -0.390. The Morgan fingerprint density at radius 3 is 2.44 bits per heavy atom. The van der Waals surface area contributed by atoms with E-state index in [9.17, 15) is 25.9 Å². The number of nitro benzene ring substituents is 1. The van der Waals surface area contributed by atoms with Crippen LogP contribution >= 0.6 is 0 Å². The average Bonchev–Trinajstić information content (AvgIpc) is 3.46. The fraction of sp³-hybridized carbons (Fsp3) is 0.389. The minimum Gasteiger partial charge on any atom is -0.399 e. The molecule has 1 saturated carbocycles. The minimum atomic E-state index is -1.69. The van der Waals surface area contributed by atoms with Gasteiger partial charge in [-0.3, -0.25) is 10.1 Å². The molecule has 0 unspecified atom stereocenters. The molecule has 25 heavy (non-hydrogen) atoms. The summed E-state index contributed by atoms with van der Waals surface area (Å²) in [5, 5.41) is 40.1. The van der Waals surface area contributed by atoms with Crippen LogP contribution in [0.4, 0.5) is 5.69 Å². The van der Waals surface area contributed by atoms with Crippen LogP contribution in [0.15, 0.2) is 35.5 Å². The fourth-order valence-corrected chi connectivity index (χ4v) is 3.76. The zero-order valence-electron chi connectivity index (χ0n) is 13.3. The van der Waals surface area contributed by atoms with E-state index in [1.807, 2.05) is 12.1 Å². The number of non-ortho nitro benzene ring substituents is 1. The van der Waals surface area contributed by atoms with Crippen molar-refractivity contribution in [2.45, 2.75) is 25.2 Å². The maximum absolute atomic E-state index is 11.1. The van der Waals surface area contributed by atoms with Crippen molar-refractivity contribution in [2.75, 3.05) is 0 Å². The molecule has 2 atom stereocenters. The molecule has 124 valence electrons. The van der Waals surface area contributed by atoms with Crippen molar-refractivity contribution < 1.29 is 4.92 Å².